The zero-order valence-corrected chi connectivity index (χ0v) is 23.6. The Balaban J connectivity index is 0.000000336. The fraction of sp³-hybridized carbons (Fsp3) is 0.321. The molecule has 0 amide bonds. The molecule has 1 fully saturated rings. The van der Waals surface area contributed by atoms with Crippen molar-refractivity contribution in [1.82, 2.24) is 45.0 Å². The average molecular weight is 572 g/mol. The maximum Gasteiger partial charge on any atom is 0.157 e. The molecule has 0 aliphatic carbocycles. The Morgan fingerprint density at radius 1 is 0.857 bits per heavy atom. The topological polar surface area (TPSA) is 164 Å². The fourth-order valence-corrected chi connectivity index (χ4v) is 4.28. The van der Waals surface area contributed by atoms with E-state index >= 15 is 0 Å². The molecule has 42 heavy (non-hydrogen) atoms. The van der Waals surface area contributed by atoms with Gasteiger partial charge in [0.25, 0.3) is 0 Å². The number of aromatic nitrogens is 8. The molecule has 14 nitrogen and oxygen atoms in total. The van der Waals surface area contributed by atoms with Gasteiger partial charge in [0.15, 0.2) is 5.82 Å². The third-order valence-corrected chi connectivity index (χ3v) is 6.47. The minimum atomic E-state index is 0.370. The van der Waals surface area contributed by atoms with E-state index < -0.39 is 0 Å². The molecule has 0 bridgehead atoms. The zero-order valence-electron chi connectivity index (χ0n) is 23.6. The predicted molar refractivity (Wildman–Crippen MR) is 157 cm³/mol. The number of morpholine rings is 1. The molecule has 0 radical (unpaired) electrons. The van der Waals surface area contributed by atoms with Gasteiger partial charge in [0.05, 0.1) is 57.1 Å². The van der Waals surface area contributed by atoms with Gasteiger partial charge in [0.1, 0.15) is 23.1 Å². The van der Waals surface area contributed by atoms with Gasteiger partial charge in [-0.2, -0.15) is 15.3 Å². The number of methoxy groups -OCH3 is 2. The number of aryl methyl sites for hydroxylation is 1. The van der Waals surface area contributed by atoms with Crippen LogP contribution in [0.25, 0.3) is 22.2 Å². The molecular weight excluding hydrogens is 538 g/mol. The lowest BCUT2D eigenvalue weighted by Crippen LogP contribution is -2.37. The van der Waals surface area contributed by atoms with Crippen molar-refractivity contribution < 1.29 is 14.2 Å². The molecule has 1 saturated heterocycles. The first kappa shape index (κ1) is 28.6. The average Bonchev–Trinajstić information content (AvgIpc) is 3.50. The lowest BCUT2D eigenvalue weighted by molar-refractivity contribution is 0.0368. The summed E-state index contributed by atoms with van der Waals surface area (Å²) in [6.07, 6.45) is 9.91. The predicted octanol–water partition coefficient (Wildman–Crippen LogP) is 2.83. The van der Waals surface area contributed by atoms with Gasteiger partial charge in [0.2, 0.25) is 0 Å². The van der Waals surface area contributed by atoms with E-state index in [9.17, 15) is 0 Å². The first-order chi connectivity index (χ1) is 20.6. The first-order valence-corrected chi connectivity index (χ1v) is 13.5. The van der Waals surface area contributed by atoms with E-state index in [0.29, 0.717) is 29.0 Å². The number of rotatable bonds is 9. The van der Waals surface area contributed by atoms with Gasteiger partial charge >= 0.3 is 0 Å². The largest absolute Gasteiger partial charge is 0.495 e. The maximum absolute atomic E-state index is 5.41. The second-order valence-corrected chi connectivity index (χ2v) is 9.38. The molecule has 6 heterocycles. The summed E-state index contributed by atoms with van der Waals surface area (Å²) in [5, 5.41) is 22.8. The summed E-state index contributed by atoms with van der Waals surface area (Å²) >= 11 is 0. The minimum Gasteiger partial charge on any atom is -0.495 e. The van der Waals surface area contributed by atoms with Gasteiger partial charge in [-0.1, -0.05) is 0 Å². The quantitative estimate of drug-likeness (QED) is 0.266. The van der Waals surface area contributed by atoms with Crippen molar-refractivity contribution in [1.29, 1.82) is 0 Å². The Kier molecular flexibility index (Phi) is 9.59. The Labute approximate surface area is 242 Å². The molecule has 3 N–H and O–H groups in total. The molecule has 6 rings (SSSR count). The Bertz CT molecular complexity index is 1590. The van der Waals surface area contributed by atoms with Crippen molar-refractivity contribution in [2.45, 2.75) is 13.0 Å². The summed E-state index contributed by atoms with van der Waals surface area (Å²) in [4.78, 5) is 11.7. The van der Waals surface area contributed by atoms with Gasteiger partial charge < -0.3 is 25.3 Å². The monoisotopic (exact) mass is 571 g/mol. The zero-order chi connectivity index (χ0) is 29.1. The van der Waals surface area contributed by atoms with Crippen LogP contribution in [0.1, 0.15) is 6.42 Å². The lowest BCUT2D eigenvalue weighted by atomic mass is 10.1. The summed E-state index contributed by atoms with van der Waals surface area (Å²) in [5.74, 6) is 2.84. The molecule has 0 aromatic carbocycles. The first-order valence-electron chi connectivity index (χ1n) is 13.5. The molecule has 0 unspecified atom stereocenters. The Hall–Kier alpha value is -4.95. The molecule has 218 valence electrons. The van der Waals surface area contributed by atoms with Gasteiger partial charge in [-0.3, -0.25) is 14.6 Å². The van der Waals surface area contributed by atoms with Crippen LogP contribution < -0.4 is 20.5 Å². The molecule has 5 aromatic rings. The van der Waals surface area contributed by atoms with Crippen molar-refractivity contribution >= 4 is 28.5 Å². The molecule has 1 aliphatic heterocycles. The number of pyridine rings is 2. The van der Waals surface area contributed by atoms with Crippen LogP contribution in [0.4, 0.5) is 17.5 Å². The van der Waals surface area contributed by atoms with Gasteiger partial charge in [-0.15, -0.1) is 10.2 Å². The molecule has 0 spiro atoms. The van der Waals surface area contributed by atoms with Gasteiger partial charge in [0, 0.05) is 61.8 Å². The van der Waals surface area contributed by atoms with Gasteiger partial charge in [-0.25, -0.2) is 4.98 Å². The number of anilines is 3. The molecule has 0 saturated carbocycles. The van der Waals surface area contributed by atoms with Crippen molar-refractivity contribution in [3.8, 4) is 22.6 Å². The number of nitrogens with one attached hydrogen (secondary N) is 1. The highest BCUT2D eigenvalue weighted by Crippen LogP contribution is 2.24. The van der Waals surface area contributed by atoms with Crippen molar-refractivity contribution in [3.05, 3.63) is 61.3 Å². The van der Waals surface area contributed by atoms with Crippen molar-refractivity contribution in [2.75, 3.05) is 58.1 Å². The Morgan fingerprint density at radius 3 is 2.40 bits per heavy atom. The van der Waals surface area contributed by atoms with Crippen LogP contribution >= 0.6 is 0 Å². The highest BCUT2D eigenvalue weighted by Gasteiger charge is 2.10. The van der Waals surface area contributed by atoms with E-state index in [1.165, 1.54) is 6.20 Å². The summed E-state index contributed by atoms with van der Waals surface area (Å²) < 4.78 is 17.4. The molecule has 14 heteroatoms. The van der Waals surface area contributed by atoms with Gasteiger partial charge in [-0.05, 0) is 24.6 Å². The third-order valence-electron chi connectivity index (χ3n) is 6.47. The van der Waals surface area contributed by atoms with E-state index in [2.05, 4.69) is 46.9 Å². The summed E-state index contributed by atoms with van der Waals surface area (Å²) in [6.45, 7) is 5.64. The highest BCUT2D eigenvalue weighted by atomic mass is 16.5. The van der Waals surface area contributed by atoms with E-state index in [1.807, 2.05) is 35.3 Å². The number of nitrogen functional groups attached to an aromatic ring is 1. The van der Waals surface area contributed by atoms with Crippen LogP contribution in [0.2, 0.25) is 0 Å². The fourth-order valence-electron chi connectivity index (χ4n) is 4.28. The van der Waals surface area contributed by atoms with E-state index in [4.69, 9.17) is 24.9 Å². The third kappa shape index (κ3) is 7.83. The van der Waals surface area contributed by atoms with Crippen LogP contribution in [0.3, 0.4) is 0 Å². The molecule has 5 aromatic heterocycles. The van der Waals surface area contributed by atoms with Crippen LogP contribution in [0.5, 0.6) is 11.5 Å². The second-order valence-electron chi connectivity index (χ2n) is 9.38. The molecule has 1 aliphatic rings. The SMILES string of the molecule is COc1cnnc(N)c1.COc1cnnc(Nc2ccc3ncc(-c4cnn(CCCN5CCOCC5)c4)cc3n2)c1. The smallest absolute Gasteiger partial charge is 0.157 e. The maximum atomic E-state index is 5.41. The van der Waals surface area contributed by atoms with E-state index in [-0.39, 0.29) is 0 Å². The normalized spacial score (nSPS) is 13.3. The minimum absolute atomic E-state index is 0.370. The molecular formula is C28H33N11O3. The van der Waals surface area contributed by atoms with E-state index in [1.54, 1.807) is 32.5 Å². The number of fused-ring (bicyclic) bond motifs is 1. The number of hydrogen-bond acceptors (Lipinski definition) is 13. The summed E-state index contributed by atoms with van der Waals surface area (Å²) in [6, 6.07) is 9.19. The van der Waals surface area contributed by atoms with Crippen LogP contribution in [0.15, 0.2) is 61.3 Å². The Morgan fingerprint density at radius 2 is 1.64 bits per heavy atom. The lowest BCUT2D eigenvalue weighted by Gasteiger charge is -2.26. The van der Waals surface area contributed by atoms with Crippen LogP contribution in [0, 0.1) is 0 Å². The van der Waals surface area contributed by atoms with E-state index in [0.717, 1.165) is 68.0 Å². The highest BCUT2D eigenvalue weighted by molar-refractivity contribution is 5.81. The summed E-state index contributed by atoms with van der Waals surface area (Å²) in [7, 11) is 3.14. The standard InChI is InChI=1S/C23H26N8O2.C5H7N3O/c1-32-19-12-23(29-25-15-19)28-22-4-3-20-21(27-22)11-17(13-24-20)18-14-26-31(16-18)6-2-5-30-7-9-33-10-8-30;1-9-4-2-5(6)8-7-3-4/h3-4,11-16H,2,5-10H2,1H3,(H,27,28,29);2-3H,1H3,(H2,6,8). The van der Waals surface area contributed by atoms with Crippen LogP contribution in [-0.2, 0) is 11.3 Å². The number of nitrogens with two attached hydrogens (primary N) is 1. The number of nitrogens with zero attached hydrogens (tertiary/aromatic N) is 9. The summed E-state index contributed by atoms with van der Waals surface area (Å²) in [5.41, 5.74) is 8.89. The second kappa shape index (κ2) is 14.1. The number of ether oxygens (including phenoxy) is 3. The number of hydrogen-bond donors (Lipinski definition) is 2. The van der Waals surface area contributed by atoms with Crippen molar-refractivity contribution in [3.63, 3.8) is 0 Å². The van der Waals surface area contributed by atoms with Crippen LogP contribution in [-0.4, -0.2) is 92.1 Å². The molecule has 0 atom stereocenters. The van der Waals surface area contributed by atoms with Crippen molar-refractivity contribution in [2.24, 2.45) is 0 Å².